The predicted molar refractivity (Wildman–Crippen MR) is 69.2 cm³/mol. The standard InChI is InChI=1S/C12H16Cl2N2/c13-10-2-1-9(11(14)7-10)3-6-16-8-12(15)4-5-12/h1-2,7,16H,3-6,8,15H2. The molecule has 1 aromatic rings. The molecule has 4 heteroatoms. The minimum absolute atomic E-state index is 0.0732. The zero-order valence-electron chi connectivity index (χ0n) is 9.10. The largest absolute Gasteiger partial charge is 0.324 e. The Morgan fingerprint density at radius 1 is 1.31 bits per heavy atom. The van der Waals surface area contributed by atoms with Crippen LogP contribution >= 0.6 is 23.2 Å². The lowest BCUT2D eigenvalue weighted by molar-refractivity contribution is 0.571. The average Bonchev–Trinajstić information content (AvgIpc) is 2.94. The number of nitrogens with two attached hydrogens (primary N) is 1. The summed E-state index contributed by atoms with van der Waals surface area (Å²) in [6.07, 6.45) is 3.19. The molecule has 0 unspecified atom stereocenters. The van der Waals surface area contributed by atoms with Crippen molar-refractivity contribution in [1.82, 2.24) is 5.32 Å². The maximum Gasteiger partial charge on any atom is 0.0453 e. The number of halogens is 2. The third-order valence-electron chi connectivity index (χ3n) is 2.96. The molecule has 88 valence electrons. The quantitative estimate of drug-likeness (QED) is 0.798. The fourth-order valence-electron chi connectivity index (χ4n) is 1.62. The summed E-state index contributed by atoms with van der Waals surface area (Å²) < 4.78 is 0. The number of rotatable bonds is 5. The van der Waals surface area contributed by atoms with E-state index < -0.39 is 0 Å². The first kappa shape index (κ1) is 12.2. The first-order valence-electron chi connectivity index (χ1n) is 5.53. The van der Waals surface area contributed by atoms with Crippen LogP contribution in [0.2, 0.25) is 10.0 Å². The molecule has 1 fully saturated rings. The van der Waals surface area contributed by atoms with Crippen molar-refractivity contribution < 1.29 is 0 Å². The highest BCUT2D eigenvalue weighted by Gasteiger charge is 2.37. The Morgan fingerprint density at radius 2 is 2.06 bits per heavy atom. The number of benzene rings is 1. The third-order valence-corrected chi connectivity index (χ3v) is 3.54. The smallest absolute Gasteiger partial charge is 0.0453 e. The first-order chi connectivity index (χ1) is 7.59. The molecule has 0 atom stereocenters. The van der Waals surface area contributed by atoms with Gasteiger partial charge in [0.1, 0.15) is 0 Å². The molecule has 1 aliphatic carbocycles. The van der Waals surface area contributed by atoms with Crippen LogP contribution in [-0.4, -0.2) is 18.6 Å². The molecule has 0 spiro atoms. The van der Waals surface area contributed by atoms with Crippen LogP contribution in [-0.2, 0) is 6.42 Å². The van der Waals surface area contributed by atoms with Crippen molar-refractivity contribution in [3.05, 3.63) is 33.8 Å². The number of nitrogens with one attached hydrogen (secondary N) is 1. The summed E-state index contributed by atoms with van der Waals surface area (Å²) in [7, 11) is 0. The van der Waals surface area contributed by atoms with Gasteiger partial charge in [-0.1, -0.05) is 29.3 Å². The predicted octanol–water partition coefficient (Wildman–Crippen LogP) is 2.62. The molecular weight excluding hydrogens is 243 g/mol. The molecule has 1 saturated carbocycles. The van der Waals surface area contributed by atoms with Crippen LogP contribution in [0.15, 0.2) is 18.2 Å². The number of hydrogen-bond donors (Lipinski definition) is 2. The molecule has 0 heterocycles. The summed E-state index contributed by atoms with van der Waals surface area (Å²) in [6, 6.07) is 5.62. The highest BCUT2D eigenvalue weighted by molar-refractivity contribution is 6.35. The molecule has 0 aromatic heterocycles. The molecule has 1 aliphatic rings. The summed E-state index contributed by atoms with van der Waals surface area (Å²) in [6.45, 7) is 1.80. The van der Waals surface area contributed by atoms with E-state index in [2.05, 4.69) is 5.32 Å². The van der Waals surface area contributed by atoms with Crippen molar-refractivity contribution in [1.29, 1.82) is 0 Å². The second kappa shape index (κ2) is 4.92. The third kappa shape index (κ3) is 3.36. The molecule has 1 aromatic carbocycles. The molecule has 2 rings (SSSR count). The number of hydrogen-bond acceptors (Lipinski definition) is 2. The van der Waals surface area contributed by atoms with Gasteiger partial charge in [0.25, 0.3) is 0 Å². The van der Waals surface area contributed by atoms with E-state index in [4.69, 9.17) is 28.9 Å². The second-order valence-electron chi connectivity index (χ2n) is 4.52. The summed E-state index contributed by atoms with van der Waals surface area (Å²) in [5.41, 5.74) is 7.17. The topological polar surface area (TPSA) is 38.0 Å². The molecule has 16 heavy (non-hydrogen) atoms. The summed E-state index contributed by atoms with van der Waals surface area (Å²) in [4.78, 5) is 0. The Bertz CT molecular complexity index is 375. The maximum absolute atomic E-state index is 6.07. The van der Waals surface area contributed by atoms with Crippen molar-refractivity contribution in [2.75, 3.05) is 13.1 Å². The van der Waals surface area contributed by atoms with E-state index in [9.17, 15) is 0 Å². The Kier molecular flexibility index (Phi) is 3.75. The molecule has 0 aliphatic heterocycles. The maximum atomic E-state index is 6.07. The molecule has 0 saturated heterocycles. The zero-order valence-corrected chi connectivity index (χ0v) is 10.6. The monoisotopic (exact) mass is 258 g/mol. The van der Waals surface area contributed by atoms with E-state index >= 15 is 0 Å². The molecular formula is C12H16Cl2N2. The van der Waals surface area contributed by atoms with Gasteiger partial charge < -0.3 is 11.1 Å². The lowest BCUT2D eigenvalue weighted by atomic mass is 10.1. The van der Waals surface area contributed by atoms with Gasteiger partial charge in [0.05, 0.1) is 0 Å². The highest BCUT2D eigenvalue weighted by atomic mass is 35.5. The van der Waals surface area contributed by atoms with Crippen molar-refractivity contribution in [2.24, 2.45) is 5.73 Å². The summed E-state index contributed by atoms with van der Waals surface area (Å²) in [5, 5.41) is 4.78. The average molecular weight is 259 g/mol. The van der Waals surface area contributed by atoms with Gasteiger partial charge in [-0.25, -0.2) is 0 Å². The van der Waals surface area contributed by atoms with Crippen LogP contribution in [0.25, 0.3) is 0 Å². The summed E-state index contributed by atoms with van der Waals surface area (Å²) in [5.74, 6) is 0. The Labute approximate surface area is 106 Å². The van der Waals surface area contributed by atoms with Crippen LogP contribution in [0, 0.1) is 0 Å². The second-order valence-corrected chi connectivity index (χ2v) is 5.37. The zero-order chi connectivity index (χ0) is 11.6. The van der Waals surface area contributed by atoms with E-state index in [0.717, 1.165) is 42.9 Å². The first-order valence-corrected chi connectivity index (χ1v) is 6.28. The normalized spacial score (nSPS) is 17.4. The van der Waals surface area contributed by atoms with Crippen LogP contribution in [0.1, 0.15) is 18.4 Å². The van der Waals surface area contributed by atoms with E-state index in [0.29, 0.717) is 5.02 Å². The van der Waals surface area contributed by atoms with Crippen LogP contribution in [0.5, 0.6) is 0 Å². The Hall–Kier alpha value is -0.280. The van der Waals surface area contributed by atoms with E-state index in [1.807, 2.05) is 12.1 Å². The van der Waals surface area contributed by atoms with E-state index in [1.54, 1.807) is 6.07 Å². The van der Waals surface area contributed by atoms with Gasteiger partial charge in [0.15, 0.2) is 0 Å². The minimum atomic E-state index is 0.0732. The molecule has 0 bridgehead atoms. The van der Waals surface area contributed by atoms with Gasteiger partial charge in [0, 0.05) is 22.1 Å². The van der Waals surface area contributed by atoms with Crippen molar-refractivity contribution in [3.8, 4) is 0 Å². The fourth-order valence-corrected chi connectivity index (χ4v) is 2.13. The van der Waals surface area contributed by atoms with E-state index in [-0.39, 0.29) is 5.54 Å². The Morgan fingerprint density at radius 3 is 2.69 bits per heavy atom. The van der Waals surface area contributed by atoms with Crippen LogP contribution in [0.3, 0.4) is 0 Å². The minimum Gasteiger partial charge on any atom is -0.324 e. The molecule has 0 amide bonds. The van der Waals surface area contributed by atoms with Gasteiger partial charge in [-0.2, -0.15) is 0 Å². The SMILES string of the molecule is NC1(CNCCc2ccc(Cl)cc2Cl)CC1. The molecule has 0 radical (unpaired) electrons. The highest BCUT2D eigenvalue weighted by Crippen LogP contribution is 2.30. The fraction of sp³-hybridized carbons (Fsp3) is 0.500. The Balaban J connectivity index is 1.76. The van der Waals surface area contributed by atoms with Crippen LogP contribution < -0.4 is 11.1 Å². The summed E-state index contributed by atoms with van der Waals surface area (Å²) >= 11 is 11.9. The molecule has 2 nitrogen and oxygen atoms in total. The van der Waals surface area contributed by atoms with Crippen molar-refractivity contribution in [3.63, 3.8) is 0 Å². The van der Waals surface area contributed by atoms with E-state index in [1.165, 1.54) is 0 Å². The lowest BCUT2D eigenvalue weighted by Crippen LogP contribution is -2.36. The van der Waals surface area contributed by atoms with Crippen molar-refractivity contribution >= 4 is 23.2 Å². The van der Waals surface area contributed by atoms with Crippen molar-refractivity contribution in [2.45, 2.75) is 24.8 Å². The van der Waals surface area contributed by atoms with Gasteiger partial charge in [-0.15, -0.1) is 0 Å². The molecule has 3 N–H and O–H groups in total. The van der Waals surface area contributed by atoms with Gasteiger partial charge in [0.2, 0.25) is 0 Å². The van der Waals surface area contributed by atoms with Crippen LogP contribution in [0.4, 0.5) is 0 Å². The van der Waals surface area contributed by atoms with Gasteiger partial charge >= 0.3 is 0 Å². The lowest BCUT2D eigenvalue weighted by Gasteiger charge is -2.10. The van der Waals surface area contributed by atoms with Gasteiger partial charge in [-0.05, 0) is 43.5 Å². The van der Waals surface area contributed by atoms with Gasteiger partial charge in [-0.3, -0.25) is 0 Å².